The van der Waals surface area contributed by atoms with Crippen LogP contribution >= 0.6 is 15.9 Å². The molecule has 0 aliphatic heterocycles. The zero-order chi connectivity index (χ0) is 10.1. The van der Waals surface area contributed by atoms with Crippen LogP contribution in [0.5, 0.6) is 0 Å². The maximum Gasteiger partial charge on any atom is 0.0766 e. The molecule has 1 aromatic carbocycles. The van der Waals surface area contributed by atoms with Crippen molar-refractivity contribution in [1.82, 2.24) is 0 Å². The lowest BCUT2D eigenvalue weighted by atomic mass is 9.86. The summed E-state index contributed by atoms with van der Waals surface area (Å²) < 4.78 is 1.09. The van der Waals surface area contributed by atoms with E-state index in [2.05, 4.69) is 22.0 Å². The molecule has 0 unspecified atom stereocenters. The Bertz CT molecular complexity index is 361. The van der Waals surface area contributed by atoms with E-state index >= 15 is 0 Å². The van der Waals surface area contributed by atoms with Gasteiger partial charge in [-0.3, -0.25) is 0 Å². The Labute approximate surface area is 87.5 Å². The minimum absolute atomic E-state index is 0.397. The molecule has 0 amide bonds. The number of nitriles is 1. The Morgan fingerprint density at radius 2 is 2.00 bits per heavy atom. The number of hydrogen-bond donors (Lipinski definition) is 0. The van der Waals surface area contributed by atoms with E-state index in [-0.39, 0.29) is 0 Å². The van der Waals surface area contributed by atoms with Gasteiger partial charge in [0.05, 0.1) is 11.5 Å². The largest absolute Gasteiger partial charge is 0.197 e. The predicted molar refractivity (Wildman–Crippen MR) is 57.5 cm³/mol. The van der Waals surface area contributed by atoms with Crippen LogP contribution in [0.3, 0.4) is 0 Å². The molecule has 2 heteroatoms. The molecule has 68 valence electrons. The monoisotopic (exact) mass is 237 g/mol. The lowest BCUT2D eigenvalue weighted by Gasteiger charge is -2.16. The lowest BCUT2D eigenvalue weighted by Crippen LogP contribution is -2.13. The number of hydrogen-bond acceptors (Lipinski definition) is 1. The molecule has 0 spiro atoms. The molecule has 1 rings (SSSR count). The van der Waals surface area contributed by atoms with Gasteiger partial charge in [-0.1, -0.05) is 28.1 Å². The molecule has 1 nitrogen and oxygen atoms in total. The van der Waals surface area contributed by atoms with E-state index in [0.29, 0.717) is 0 Å². The fourth-order valence-electron chi connectivity index (χ4n) is 1.10. The topological polar surface area (TPSA) is 23.8 Å². The first-order valence-electron chi connectivity index (χ1n) is 4.15. The van der Waals surface area contributed by atoms with Gasteiger partial charge < -0.3 is 0 Å². The third-order valence-electron chi connectivity index (χ3n) is 2.16. The van der Waals surface area contributed by atoms with Crippen molar-refractivity contribution in [3.05, 3.63) is 33.8 Å². The van der Waals surface area contributed by atoms with Crippen molar-refractivity contribution in [3.63, 3.8) is 0 Å². The molecule has 0 bridgehead atoms. The van der Waals surface area contributed by atoms with Crippen LogP contribution in [0.1, 0.15) is 25.0 Å². The van der Waals surface area contributed by atoms with E-state index in [1.807, 2.05) is 39.0 Å². The molecule has 13 heavy (non-hydrogen) atoms. The fourth-order valence-corrected chi connectivity index (χ4v) is 1.34. The van der Waals surface area contributed by atoms with Crippen LogP contribution in [0.2, 0.25) is 0 Å². The molecule has 0 aromatic heterocycles. The molecule has 0 saturated heterocycles. The summed E-state index contributed by atoms with van der Waals surface area (Å²) in [6.45, 7) is 5.88. The zero-order valence-corrected chi connectivity index (χ0v) is 9.64. The van der Waals surface area contributed by atoms with Gasteiger partial charge in [0.25, 0.3) is 0 Å². The van der Waals surface area contributed by atoms with Gasteiger partial charge in [-0.2, -0.15) is 5.26 Å². The maximum absolute atomic E-state index is 8.95. The van der Waals surface area contributed by atoms with Gasteiger partial charge in [-0.15, -0.1) is 0 Å². The molecule has 0 saturated carbocycles. The van der Waals surface area contributed by atoms with Crippen LogP contribution in [0.4, 0.5) is 0 Å². The summed E-state index contributed by atoms with van der Waals surface area (Å²) in [6.07, 6.45) is 0. The highest BCUT2D eigenvalue weighted by molar-refractivity contribution is 9.10. The second kappa shape index (κ2) is 3.51. The lowest BCUT2D eigenvalue weighted by molar-refractivity contribution is 0.686. The van der Waals surface area contributed by atoms with E-state index in [4.69, 9.17) is 5.26 Å². The van der Waals surface area contributed by atoms with Gasteiger partial charge in [0.2, 0.25) is 0 Å². The van der Waals surface area contributed by atoms with Crippen molar-refractivity contribution in [1.29, 1.82) is 5.26 Å². The van der Waals surface area contributed by atoms with Gasteiger partial charge in [0.15, 0.2) is 0 Å². The van der Waals surface area contributed by atoms with E-state index in [9.17, 15) is 0 Å². The van der Waals surface area contributed by atoms with E-state index in [0.717, 1.165) is 10.0 Å². The fraction of sp³-hybridized carbons (Fsp3) is 0.364. The van der Waals surface area contributed by atoms with Crippen LogP contribution in [-0.4, -0.2) is 0 Å². The van der Waals surface area contributed by atoms with E-state index in [1.54, 1.807) is 0 Å². The summed E-state index contributed by atoms with van der Waals surface area (Å²) in [5, 5.41) is 8.95. The Morgan fingerprint density at radius 3 is 2.46 bits per heavy atom. The van der Waals surface area contributed by atoms with Gasteiger partial charge in [0.1, 0.15) is 0 Å². The van der Waals surface area contributed by atoms with Crippen molar-refractivity contribution in [3.8, 4) is 6.07 Å². The molecule has 0 N–H and O–H groups in total. The average molecular weight is 238 g/mol. The van der Waals surface area contributed by atoms with Crippen molar-refractivity contribution < 1.29 is 0 Å². The first-order valence-corrected chi connectivity index (χ1v) is 4.94. The van der Waals surface area contributed by atoms with Crippen molar-refractivity contribution in [2.75, 3.05) is 0 Å². The van der Waals surface area contributed by atoms with E-state index in [1.165, 1.54) is 5.56 Å². The maximum atomic E-state index is 8.95. The summed E-state index contributed by atoms with van der Waals surface area (Å²) in [5.74, 6) is 0. The first-order chi connectivity index (χ1) is 5.97. The predicted octanol–water partition coefficient (Wildman–Crippen LogP) is 3.56. The number of nitrogens with zero attached hydrogens (tertiary/aromatic N) is 1. The molecular weight excluding hydrogens is 226 g/mol. The molecule has 0 atom stereocenters. The highest BCUT2D eigenvalue weighted by atomic mass is 79.9. The van der Waals surface area contributed by atoms with Crippen LogP contribution < -0.4 is 0 Å². The standard InChI is InChI=1S/C11H12BrN/c1-8-6-9(4-5-10(8)12)11(2,3)7-13/h4-6H,1-3H3. The van der Waals surface area contributed by atoms with Crippen LogP contribution in [0, 0.1) is 18.3 Å². The normalized spacial score (nSPS) is 11.0. The second-order valence-corrected chi connectivity index (χ2v) is 4.56. The zero-order valence-electron chi connectivity index (χ0n) is 8.06. The quantitative estimate of drug-likeness (QED) is 0.733. The number of halogens is 1. The summed E-state index contributed by atoms with van der Waals surface area (Å²) >= 11 is 3.44. The van der Waals surface area contributed by atoms with Crippen molar-refractivity contribution in [2.45, 2.75) is 26.2 Å². The molecule has 0 aliphatic carbocycles. The molecular formula is C11H12BrN. The summed E-state index contributed by atoms with van der Waals surface area (Å²) in [6, 6.07) is 8.31. The Hall–Kier alpha value is -0.810. The highest BCUT2D eigenvalue weighted by Crippen LogP contribution is 2.26. The van der Waals surface area contributed by atoms with Crippen LogP contribution in [0.25, 0.3) is 0 Å². The summed E-state index contributed by atoms with van der Waals surface area (Å²) in [5.41, 5.74) is 1.84. The Kier molecular flexibility index (Phi) is 2.77. The first kappa shape index (κ1) is 10.3. The number of aryl methyl sites for hydroxylation is 1. The average Bonchev–Trinajstić information content (AvgIpc) is 2.09. The molecule has 0 aliphatic rings. The van der Waals surface area contributed by atoms with Crippen LogP contribution in [0.15, 0.2) is 22.7 Å². The summed E-state index contributed by atoms with van der Waals surface area (Å²) in [4.78, 5) is 0. The third kappa shape index (κ3) is 2.10. The Morgan fingerprint density at radius 1 is 1.38 bits per heavy atom. The number of benzene rings is 1. The Balaban J connectivity index is 3.20. The number of rotatable bonds is 1. The highest BCUT2D eigenvalue weighted by Gasteiger charge is 2.19. The molecule has 0 fully saturated rings. The van der Waals surface area contributed by atoms with Crippen molar-refractivity contribution in [2.24, 2.45) is 0 Å². The minimum Gasteiger partial charge on any atom is -0.197 e. The van der Waals surface area contributed by atoms with Gasteiger partial charge >= 0.3 is 0 Å². The second-order valence-electron chi connectivity index (χ2n) is 3.70. The molecule has 0 heterocycles. The minimum atomic E-state index is -0.397. The molecule has 0 radical (unpaired) electrons. The van der Waals surface area contributed by atoms with E-state index < -0.39 is 5.41 Å². The van der Waals surface area contributed by atoms with Crippen molar-refractivity contribution >= 4 is 15.9 Å². The van der Waals surface area contributed by atoms with Gasteiger partial charge in [-0.05, 0) is 38.0 Å². The summed E-state index contributed by atoms with van der Waals surface area (Å²) in [7, 11) is 0. The molecule has 1 aromatic rings. The van der Waals surface area contributed by atoms with Gasteiger partial charge in [-0.25, -0.2) is 0 Å². The van der Waals surface area contributed by atoms with Gasteiger partial charge in [0, 0.05) is 4.47 Å². The third-order valence-corrected chi connectivity index (χ3v) is 3.05. The van der Waals surface area contributed by atoms with Crippen LogP contribution in [-0.2, 0) is 5.41 Å². The SMILES string of the molecule is Cc1cc(C(C)(C)C#N)ccc1Br. The smallest absolute Gasteiger partial charge is 0.0766 e.